The summed E-state index contributed by atoms with van der Waals surface area (Å²) in [7, 11) is 0. The van der Waals surface area contributed by atoms with Crippen molar-refractivity contribution >= 4 is 0 Å². The molecule has 0 saturated heterocycles. The molecule has 24 heavy (non-hydrogen) atoms. The van der Waals surface area contributed by atoms with Crippen LogP contribution in [-0.2, 0) is 6.54 Å². The molecule has 2 nitrogen and oxygen atoms in total. The van der Waals surface area contributed by atoms with Gasteiger partial charge in [0.2, 0.25) is 0 Å². The molecule has 0 aliphatic rings. The number of aliphatic hydroxyl groups excluding tert-OH is 1. The van der Waals surface area contributed by atoms with Crippen molar-refractivity contribution in [2.24, 2.45) is 0 Å². The minimum Gasteiger partial charge on any atom is -0.387 e. The van der Waals surface area contributed by atoms with Crippen LogP contribution >= 0.6 is 0 Å². The quantitative estimate of drug-likeness (QED) is 0.698. The average molecular weight is 317 g/mol. The highest BCUT2D eigenvalue weighted by Crippen LogP contribution is 2.20. The lowest BCUT2D eigenvalue weighted by Crippen LogP contribution is -2.31. The molecule has 0 aliphatic carbocycles. The number of nitrogens with one attached hydrogen (secondary N) is 1. The molecule has 0 saturated carbocycles. The predicted octanol–water partition coefficient (Wildman–Crippen LogP) is 4.57. The van der Waals surface area contributed by atoms with Crippen LogP contribution in [-0.4, -0.2) is 11.1 Å². The third kappa shape index (κ3) is 4.10. The third-order valence-corrected chi connectivity index (χ3v) is 4.30. The SMILES string of the molecule is C[C@H](NCc1ccc(-c2ccccc2)cc1)[C@@H](O)c1ccccc1. The van der Waals surface area contributed by atoms with Gasteiger partial charge in [-0.25, -0.2) is 0 Å². The first-order chi connectivity index (χ1) is 11.7. The lowest BCUT2D eigenvalue weighted by atomic mass is 10.0. The van der Waals surface area contributed by atoms with Crippen molar-refractivity contribution in [3.63, 3.8) is 0 Å². The summed E-state index contributed by atoms with van der Waals surface area (Å²) in [5, 5.41) is 13.8. The van der Waals surface area contributed by atoms with Gasteiger partial charge in [-0.3, -0.25) is 0 Å². The molecular formula is C22H23NO. The first-order valence-corrected chi connectivity index (χ1v) is 8.35. The maximum Gasteiger partial charge on any atom is 0.0940 e. The Bertz CT molecular complexity index is 738. The van der Waals surface area contributed by atoms with Gasteiger partial charge in [0.25, 0.3) is 0 Å². The monoisotopic (exact) mass is 317 g/mol. The van der Waals surface area contributed by atoms with Crippen LogP contribution in [0, 0.1) is 0 Å². The number of benzene rings is 3. The van der Waals surface area contributed by atoms with E-state index in [2.05, 4.69) is 53.8 Å². The van der Waals surface area contributed by atoms with E-state index in [-0.39, 0.29) is 6.04 Å². The minimum absolute atomic E-state index is 0.0128. The molecule has 2 heteroatoms. The van der Waals surface area contributed by atoms with Crippen LogP contribution < -0.4 is 5.32 Å². The Hall–Kier alpha value is -2.42. The van der Waals surface area contributed by atoms with Crippen LogP contribution in [0.15, 0.2) is 84.9 Å². The van der Waals surface area contributed by atoms with Gasteiger partial charge < -0.3 is 10.4 Å². The summed E-state index contributed by atoms with van der Waals surface area (Å²) in [5.41, 5.74) is 4.60. The highest BCUT2D eigenvalue weighted by molar-refractivity contribution is 5.63. The number of rotatable bonds is 6. The van der Waals surface area contributed by atoms with Crippen molar-refractivity contribution in [3.05, 3.63) is 96.1 Å². The van der Waals surface area contributed by atoms with Crippen LogP contribution in [0.2, 0.25) is 0 Å². The Labute approximate surface area is 143 Å². The fourth-order valence-corrected chi connectivity index (χ4v) is 2.78. The van der Waals surface area contributed by atoms with E-state index in [9.17, 15) is 5.11 Å². The molecule has 3 aromatic rings. The number of hydrogen-bond donors (Lipinski definition) is 2. The molecule has 0 heterocycles. The van der Waals surface area contributed by atoms with Gasteiger partial charge in [-0.15, -0.1) is 0 Å². The number of aliphatic hydroxyl groups is 1. The van der Waals surface area contributed by atoms with Crippen LogP contribution in [0.1, 0.15) is 24.2 Å². The Balaban J connectivity index is 1.59. The molecule has 0 radical (unpaired) electrons. The van der Waals surface area contributed by atoms with Crippen molar-refractivity contribution in [1.29, 1.82) is 0 Å². The van der Waals surface area contributed by atoms with Crippen molar-refractivity contribution < 1.29 is 5.11 Å². The molecule has 3 rings (SSSR count). The normalized spacial score (nSPS) is 13.4. The Morgan fingerprint density at radius 2 is 1.29 bits per heavy atom. The Kier molecular flexibility index (Phi) is 5.42. The van der Waals surface area contributed by atoms with Gasteiger partial charge in [0.05, 0.1) is 6.10 Å². The molecule has 0 spiro atoms. The second-order valence-corrected chi connectivity index (χ2v) is 6.09. The summed E-state index contributed by atoms with van der Waals surface area (Å²) in [4.78, 5) is 0. The van der Waals surface area contributed by atoms with Gasteiger partial charge in [0.1, 0.15) is 0 Å². The van der Waals surface area contributed by atoms with Crippen LogP contribution in [0.4, 0.5) is 0 Å². The van der Waals surface area contributed by atoms with Gasteiger partial charge in [-0.1, -0.05) is 84.9 Å². The van der Waals surface area contributed by atoms with Gasteiger partial charge in [-0.2, -0.15) is 0 Å². The standard InChI is InChI=1S/C22H23NO/c1-17(22(24)21-10-6-3-7-11-21)23-16-18-12-14-20(15-13-18)19-8-4-2-5-9-19/h2-15,17,22-24H,16H2,1H3/t17-,22+/m0/s1. The van der Waals surface area contributed by atoms with E-state index in [1.165, 1.54) is 16.7 Å². The first-order valence-electron chi connectivity index (χ1n) is 8.35. The van der Waals surface area contributed by atoms with E-state index in [4.69, 9.17) is 0 Å². The molecule has 3 aromatic carbocycles. The molecule has 2 atom stereocenters. The molecule has 0 bridgehead atoms. The maximum absolute atomic E-state index is 10.4. The summed E-state index contributed by atoms with van der Waals surface area (Å²) in [6.45, 7) is 2.75. The molecule has 0 fully saturated rings. The van der Waals surface area contributed by atoms with Crippen molar-refractivity contribution in [2.75, 3.05) is 0 Å². The second-order valence-electron chi connectivity index (χ2n) is 6.09. The van der Waals surface area contributed by atoms with Crippen molar-refractivity contribution in [1.82, 2.24) is 5.32 Å². The fraction of sp³-hybridized carbons (Fsp3) is 0.182. The van der Waals surface area contributed by atoms with E-state index < -0.39 is 6.10 Å². The highest BCUT2D eigenvalue weighted by atomic mass is 16.3. The molecule has 0 unspecified atom stereocenters. The minimum atomic E-state index is -0.505. The second kappa shape index (κ2) is 7.91. The molecule has 122 valence electrons. The largest absolute Gasteiger partial charge is 0.387 e. The van der Waals surface area contributed by atoms with Crippen LogP contribution in [0.25, 0.3) is 11.1 Å². The Morgan fingerprint density at radius 3 is 1.92 bits per heavy atom. The van der Waals surface area contributed by atoms with Gasteiger partial charge in [-0.05, 0) is 29.2 Å². The Morgan fingerprint density at radius 1 is 0.750 bits per heavy atom. The molecule has 0 amide bonds. The third-order valence-electron chi connectivity index (χ3n) is 4.30. The summed E-state index contributed by atoms with van der Waals surface area (Å²) < 4.78 is 0. The summed E-state index contributed by atoms with van der Waals surface area (Å²) in [6, 6.07) is 28.7. The zero-order valence-electron chi connectivity index (χ0n) is 13.9. The van der Waals surface area contributed by atoms with E-state index in [0.29, 0.717) is 0 Å². The molecule has 0 aliphatic heterocycles. The van der Waals surface area contributed by atoms with E-state index >= 15 is 0 Å². The summed E-state index contributed by atoms with van der Waals surface area (Å²) in [5.74, 6) is 0. The summed E-state index contributed by atoms with van der Waals surface area (Å²) >= 11 is 0. The predicted molar refractivity (Wildman–Crippen MR) is 99.6 cm³/mol. The lowest BCUT2D eigenvalue weighted by Gasteiger charge is -2.20. The van der Waals surface area contributed by atoms with Crippen LogP contribution in [0.3, 0.4) is 0 Å². The van der Waals surface area contributed by atoms with Gasteiger partial charge >= 0.3 is 0 Å². The zero-order chi connectivity index (χ0) is 16.8. The topological polar surface area (TPSA) is 32.3 Å². The van der Waals surface area contributed by atoms with Crippen LogP contribution in [0.5, 0.6) is 0 Å². The van der Waals surface area contributed by atoms with Crippen molar-refractivity contribution in [3.8, 4) is 11.1 Å². The average Bonchev–Trinajstić information content (AvgIpc) is 2.67. The van der Waals surface area contributed by atoms with E-state index in [1.54, 1.807) is 0 Å². The molecule has 0 aromatic heterocycles. The fourth-order valence-electron chi connectivity index (χ4n) is 2.78. The smallest absolute Gasteiger partial charge is 0.0940 e. The van der Waals surface area contributed by atoms with Gasteiger partial charge in [0.15, 0.2) is 0 Å². The van der Waals surface area contributed by atoms with E-state index in [0.717, 1.165) is 12.1 Å². The summed E-state index contributed by atoms with van der Waals surface area (Å²) in [6.07, 6.45) is -0.505. The van der Waals surface area contributed by atoms with Crippen molar-refractivity contribution in [2.45, 2.75) is 25.6 Å². The highest BCUT2D eigenvalue weighted by Gasteiger charge is 2.15. The molecule has 2 N–H and O–H groups in total. The maximum atomic E-state index is 10.4. The molecular weight excluding hydrogens is 294 g/mol. The number of hydrogen-bond acceptors (Lipinski definition) is 2. The lowest BCUT2D eigenvalue weighted by molar-refractivity contribution is 0.135. The van der Waals surface area contributed by atoms with E-state index in [1.807, 2.05) is 43.3 Å². The first kappa shape index (κ1) is 16.4. The van der Waals surface area contributed by atoms with Gasteiger partial charge in [0, 0.05) is 12.6 Å². The zero-order valence-corrected chi connectivity index (χ0v) is 13.9.